The standard InChI is InChI=1S/C23H24N4O3/c1-24-23(26-14-19-9-10-20-21(12-19)30-16-29-20)25-13-17-5-7-18(8-6-17)15-27-11-3-2-4-22(27)28/h2-12H,13-16H2,1H3,(H2,24,25,26). The third kappa shape index (κ3) is 4.81. The van der Waals surface area contributed by atoms with Crippen LogP contribution in [0, 0.1) is 0 Å². The number of guanidine groups is 1. The zero-order chi connectivity index (χ0) is 20.8. The van der Waals surface area contributed by atoms with Crippen molar-refractivity contribution in [3.63, 3.8) is 0 Å². The maximum Gasteiger partial charge on any atom is 0.250 e. The summed E-state index contributed by atoms with van der Waals surface area (Å²) in [5.74, 6) is 2.27. The van der Waals surface area contributed by atoms with Crippen LogP contribution in [0.2, 0.25) is 0 Å². The summed E-state index contributed by atoms with van der Waals surface area (Å²) in [4.78, 5) is 16.1. The van der Waals surface area contributed by atoms with E-state index in [4.69, 9.17) is 9.47 Å². The summed E-state index contributed by atoms with van der Waals surface area (Å²) in [6.45, 7) is 2.11. The van der Waals surface area contributed by atoms with Crippen molar-refractivity contribution < 1.29 is 9.47 Å². The minimum absolute atomic E-state index is 0.000534. The molecule has 0 radical (unpaired) electrons. The minimum Gasteiger partial charge on any atom is -0.454 e. The van der Waals surface area contributed by atoms with Gasteiger partial charge in [-0.05, 0) is 34.9 Å². The van der Waals surface area contributed by atoms with Crippen molar-refractivity contribution in [2.45, 2.75) is 19.6 Å². The van der Waals surface area contributed by atoms with Crippen molar-refractivity contribution in [2.75, 3.05) is 13.8 Å². The first kappa shape index (κ1) is 19.6. The summed E-state index contributed by atoms with van der Waals surface area (Å²) >= 11 is 0. The van der Waals surface area contributed by atoms with Gasteiger partial charge in [-0.2, -0.15) is 0 Å². The van der Waals surface area contributed by atoms with Crippen LogP contribution < -0.4 is 25.7 Å². The molecule has 0 aliphatic carbocycles. The molecule has 0 spiro atoms. The molecule has 7 heteroatoms. The van der Waals surface area contributed by atoms with Crippen LogP contribution in [0.4, 0.5) is 0 Å². The molecule has 2 N–H and O–H groups in total. The van der Waals surface area contributed by atoms with E-state index >= 15 is 0 Å². The van der Waals surface area contributed by atoms with Gasteiger partial charge in [0, 0.05) is 32.4 Å². The molecule has 30 heavy (non-hydrogen) atoms. The van der Waals surface area contributed by atoms with Crippen LogP contribution in [0.3, 0.4) is 0 Å². The smallest absolute Gasteiger partial charge is 0.250 e. The van der Waals surface area contributed by atoms with E-state index in [-0.39, 0.29) is 12.4 Å². The number of aromatic nitrogens is 1. The number of hydrogen-bond donors (Lipinski definition) is 2. The number of benzene rings is 2. The third-order valence-electron chi connectivity index (χ3n) is 4.86. The number of ether oxygens (including phenoxy) is 2. The first-order valence-corrected chi connectivity index (χ1v) is 9.77. The average molecular weight is 404 g/mol. The van der Waals surface area contributed by atoms with Gasteiger partial charge in [-0.15, -0.1) is 0 Å². The lowest BCUT2D eigenvalue weighted by molar-refractivity contribution is 0.174. The molecule has 1 aliphatic heterocycles. The predicted molar refractivity (Wildman–Crippen MR) is 116 cm³/mol. The molecule has 0 saturated heterocycles. The van der Waals surface area contributed by atoms with E-state index in [0.29, 0.717) is 25.6 Å². The molecule has 1 aliphatic rings. The second-order valence-electron chi connectivity index (χ2n) is 6.95. The van der Waals surface area contributed by atoms with Gasteiger partial charge in [-0.3, -0.25) is 9.79 Å². The van der Waals surface area contributed by atoms with E-state index in [1.807, 2.05) is 36.4 Å². The van der Waals surface area contributed by atoms with Crippen LogP contribution in [0.1, 0.15) is 16.7 Å². The Morgan fingerprint density at radius 2 is 1.63 bits per heavy atom. The first-order valence-electron chi connectivity index (χ1n) is 9.77. The number of pyridine rings is 1. The quantitative estimate of drug-likeness (QED) is 0.488. The highest BCUT2D eigenvalue weighted by Crippen LogP contribution is 2.32. The highest BCUT2D eigenvalue weighted by molar-refractivity contribution is 5.79. The van der Waals surface area contributed by atoms with Gasteiger partial charge in [-0.25, -0.2) is 0 Å². The van der Waals surface area contributed by atoms with Crippen LogP contribution in [0.25, 0.3) is 0 Å². The summed E-state index contributed by atoms with van der Waals surface area (Å²) in [6, 6.07) is 19.3. The molecule has 2 aromatic carbocycles. The zero-order valence-electron chi connectivity index (χ0n) is 16.8. The van der Waals surface area contributed by atoms with Gasteiger partial charge in [0.05, 0.1) is 6.54 Å². The summed E-state index contributed by atoms with van der Waals surface area (Å²) in [5.41, 5.74) is 3.30. The van der Waals surface area contributed by atoms with Crippen molar-refractivity contribution in [3.8, 4) is 11.5 Å². The zero-order valence-corrected chi connectivity index (χ0v) is 16.8. The van der Waals surface area contributed by atoms with Gasteiger partial charge in [0.1, 0.15) is 0 Å². The van der Waals surface area contributed by atoms with Crippen molar-refractivity contribution in [3.05, 3.63) is 93.9 Å². The molecule has 154 valence electrons. The van der Waals surface area contributed by atoms with E-state index in [2.05, 4.69) is 27.8 Å². The highest BCUT2D eigenvalue weighted by atomic mass is 16.7. The topological polar surface area (TPSA) is 76.9 Å². The van der Waals surface area contributed by atoms with Crippen LogP contribution in [0.5, 0.6) is 11.5 Å². The Balaban J connectivity index is 1.28. The van der Waals surface area contributed by atoms with Gasteiger partial charge in [0.15, 0.2) is 17.5 Å². The Kier molecular flexibility index (Phi) is 5.98. The predicted octanol–water partition coefficient (Wildman–Crippen LogP) is 2.49. The Labute approximate surface area is 175 Å². The monoisotopic (exact) mass is 404 g/mol. The number of nitrogens with zero attached hydrogens (tertiary/aromatic N) is 2. The minimum atomic E-state index is 0.000534. The molecule has 0 amide bonds. The van der Waals surface area contributed by atoms with Crippen molar-refractivity contribution in [1.82, 2.24) is 15.2 Å². The number of aliphatic imine (C=N–C) groups is 1. The van der Waals surface area contributed by atoms with Gasteiger partial charge in [-0.1, -0.05) is 36.4 Å². The van der Waals surface area contributed by atoms with Crippen LogP contribution in [-0.2, 0) is 19.6 Å². The molecule has 0 bridgehead atoms. The van der Waals surface area contributed by atoms with Crippen LogP contribution >= 0.6 is 0 Å². The van der Waals surface area contributed by atoms with Gasteiger partial charge in [0.2, 0.25) is 6.79 Å². The molecule has 3 aromatic rings. The number of rotatable bonds is 6. The molecule has 0 atom stereocenters. The second-order valence-corrected chi connectivity index (χ2v) is 6.95. The van der Waals surface area contributed by atoms with E-state index in [9.17, 15) is 4.79 Å². The molecule has 0 fully saturated rings. The fourth-order valence-corrected chi connectivity index (χ4v) is 3.19. The number of fused-ring (bicyclic) bond motifs is 1. The number of nitrogens with one attached hydrogen (secondary N) is 2. The molecule has 7 nitrogen and oxygen atoms in total. The molecule has 2 heterocycles. The summed E-state index contributed by atoms with van der Waals surface area (Å²) < 4.78 is 12.4. The van der Waals surface area contributed by atoms with Gasteiger partial charge >= 0.3 is 0 Å². The van der Waals surface area contributed by atoms with Crippen molar-refractivity contribution >= 4 is 5.96 Å². The lowest BCUT2D eigenvalue weighted by atomic mass is 10.1. The third-order valence-corrected chi connectivity index (χ3v) is 4.86. The Morgan fingerprint density at radius 1 is 0.933 bits per heavy atom. The lowest BCUT2D eigenvalue weighted by Gasteiger charge is -2.13. The van der Waals surface area contributed by atoms with Gasteiger partial charge in [0.25, 0.3) is 5.56 Å². The Bertz CT molecular complexity index is 1090. The van der Waals surface area contributed by atoms with Crippen molar-refractivity contribution in [1.29, 1.82) is 0 Å². The van der Waals surface area contributed by atoms with Crippen LogP contribution in [-0.4, -0.2) is 24.4 Å². The molecule has 0 saturated carbocycles. The Hall–Kier alpha value is -3.74. The summed E-state index contributed by atoms with van der Waals surface area (Å²) in [5, 5.41) is 6.62. The van der Waals surface area contributed by atoms with Crippen molar-refractivity contribution in [2.24, 2.45) is 4.99 Å². The largest absolute Gasteiger partial charge is 0.454 e. The normalized spacial score (nSPS) is 12.6. The summed E-state index contributed by atoms with van der Waals surface area (Å²) in [7, 11) is 1.75. The molecule has 0 unspecified atom stereocenters. The summed E-state index contributed by atoms with van der Waals surface area (Å²) in [6.07, 6.45) is 1.80. The average Bonchev–Trinajstić information content (AvgIpc) is 3.24. The Morgan fingerprint density at radius 3 is 2.40 bits per heavy atom. The fourth-order valence-electron chi connectivity index (χ4n) is 3.19. The molecular weight excluding hydrogens is 380 g/mol. The lowest BCUT2D eigenvalue weighted by Crippen LogP contribution is -2.36. The van der Waals surface area contributed by atoms with Gasteiger partial charge < -0.3 is 24.7 Å². The van der Waals surface area contributed by atoms with Crippen LogP contribution in [0.15, 0.2) is 76.6 Å². The molecule has 4 rings (SSSR count). The second kappa shape index (κ2) is 9.17. The molecule has 1 aromatic heterocycles. The highest BCUT2D eigenvalue weighted by Gasteiger charge is 2.13. The van der Waals surface area contributed by atoms with E-state index < -0.39 is 0 Å². The maximum atomic E-state index is 11.8. The fraction of sp³-hybridized carbons (Fsp3) is 0.217. The van der Waals surface area contributed by atoms with E-state index in [0.717, 1.165) is 28.2 Å². The SMILES string of the molecule is CN=C(NCc1ccc(Cn2ccccc2=O)cc1)NCc1ccc2c(c1)OCO2. The van der Waals surface area contributed by atoms with E-state index in [1.54, 1.807) is 29.9 Å². The number of hydrogen-bond acceptors (Lipinski definition) is 4. The molecular formula is C23H24N4O3. The first-order chi connectivity index (χ1) is 14.7. The van der Waals surface area contributed by atoms with E-state index in [1.165, 1.54) is 0 Å². The maximum absolute atomic E-state index is 11.8.